The van der Waals surface area contributed by atoms with Crippen LogP contribution in [0.1, 0.15) is 5.56 Å². The molecule has 22 aliphatic rings. The van der Waals surface area contributed by atoms with Crippen LogP contribution in [-0.4, -0.2) is 353 Å². The van der Waals surface area contributed by atoms with Gasteiger partial charge in [0.15, 0.2) is 37.7 Å². The van der Waals surface area contributed by atoms with Crippen LogP contribution in [0.5, 0.6) is 0 Å². The molecule has 12 bridgehead atoms. The van der Waals surface area contributed by atoms with Gasteiger partial charge in [-0.2, -0.15) is 8.42 Å². The Morgan fingerprint density at radius 1 is 0.269 bits per heavy atom. The second kappa shape index (κ2) is 36.4. The van der Waals surface area contributed by atoms with Crippen molar-refractivity contribution >= 4 is 10.1 Å². The predicted molar refractivity (Wildman–Crippen MR) is 314 cm³/mol. The molecule has 0 spiro atoms. The number of hydrogen-bond donors (Lipinski definition) is 0. The third-order valence-corrected chi connectivity index (χ3v) is 19.2. The Labute approximate surface area is 544 Å². The van der Waals surface area contributed by atoms with E-state index in [0.717, 1.165) is 5.56 Å². The summed E-state index contributed by atoms with van der Waals surface area (Å²) >= 11 is 0. The number of hydrogen-bond acceptors (Lipinski definition) is 32. The Kier molecular flexibility index (Phi) is 30.0. The molecule has 33 heteroatoms. The third kappa shape index (κ3) is 16.9. The molecule has 0 aliphatic carbocycles. The maximum absolute atomic E-state index is 14.1. The summed E-state index contributed by atoms with van der Waals surface area (Å²) in [5.41, 5.74) is 0.827. The van der Waals surface area contributed by atoms with Crippen LogP contribution in [0.4, 0.5) is 0 Å². The van der Waals surface area contributed by atoms with Crippen molar-refractivity contribution in [2.24, 2.45) is 0 Å². The van der Waals surface area contributed by atoms with Gasteiger partial charge < -0.3 is 137 Å². The van der Waals surface area contributed by atoms with Gasteiger partial charge in [-0.3, -0.25) is 4.18 Å². The molecule has 22 aliphatic heterocycles. The highest BCUT2D eigenvalue weighted by molar-refractivity contribution is 7.86. The molecule has 22 fully saturated rings. The van der Waals surface area contributed by atoms with Gasteiger partial charge in [-0.1, -0.05) is 17.7 Å². The summed E-state index contributed by atoms with van der Waals surface area (Å²) in [4.78, 5) is -0.112. The van der Waals surface area contributed by atoms with Crippen LogP contribution >= 0.6 is 0 Å². The molecule has 1 aromatic carbocycles. The molecule has 93 heavy (non-hydrogen) atoms. The molecule has 1 aromatic rings. The monoisotopic (exact) mass is 1360 g/mol. The Hall–Kier alpha value is -2.03. The van der Waals surface area contributed by atoms with E-state index in [1.165, 1.54) is 133 Å². The van der Waals surface area contributed by atoms with Crippen LogP contribution in [-0.2, 0) is 152 Å². The molecule has 0 amide bonds. The molecule has 0 N–H and O–H groups in total. The molecule has 0 saturated carbocycles. The van der Waals surface area contributed by atoms with Crippen molar-refractivity contribution in [3.8, 4) is 0 Å². The minimum atomic E-state index is -4.46. The fourth-order valence-electron chi connectivity index (χ4n) is 13.5. The molecule has 22 saturated heterocycles. The molecule has 22 heterocycles. The summed E-state index contributed by atoms with van der Waals surface area (Å²) < 4.78 is 221. The van der Waals surface area contributed by atoms with Crippen molar-refractivity contribution in [2.75, 3.05) is 161 Å². The number of aryl methyl sites for hydroxylation is 1. The topological polar surface area (TPSA) is 311 Å². The van der Waals surface area contributed by atoms with E-state index in [2.05, 4.69) is 0 Å². The highest BCUT2D eigenvalue weighted by Crippen LogP contribution is 2.42. The lowest BCUT2D eigenvalue weighted by Gasteiger charge is -2.53. The molecule has 0 radical (unpaired) electrons. The van der Waals surface area contributed by atoms with Crippen molar-refractivity contribution in [1.29, 1.82) is 0 Å². The average molecular weight is 1370 g/mol. The predicted octanol–water partition coefficient (Wildman–Crippen LogP) is -0.213. The third-order valence-electron chi connectivity index (χ3n) is 17.9. The first-order valence-electron chi connectivity index (χ1n) is 30.6. The average Bonchev–Trinajstić information content (AvgIpc) is 0.797. The summed E-state index contributed by atoms with van der Waals surface area (Å²) in [6, 6.07) is 6.17. The van der Waals surface area contributed by atoms with Crippen LogP contribution in [0.3, 0.4) is 0 Å². The first-order valence-corrected chi connectivity index (χ1v) is 32.0. The quantitative estimate of drug-likeness (QED) is 0.108. The van der Waals surface area contributed by atoms with Gasteiger partial charge in [-0.05, 0) is 19.1 Å². The Bertz CT molecular complexity index is 2410. The molecule has 23 rings (SSSR count). The van der Waals surface area contributed by atoms with Crippen LogP contribution in [0.25, 0.3) is 0 Å². The smallest absolute Gasteiger partial charge is 0.297 e. The lowest BCUT2D eigenvalue weighted by molar-refractivity contribution is -0.409. The second-order valence-electron chi connectivity index (χ2n) is 23.1. The SMILES string of the molecule is COC[C@H]1O[C@@H]2O[C@@H]3[C@@H](OC)[C@@H](OC)[C@@H](O[C@@H]4[C@@H](OC)[C@@H](OC)[C@@H](O[C@@H]5[C@@H](OC)[C@@H](OC)[C@@H](O[C@@H]6[C@@H](OC)[C@@H](OC)[C@@H](O[C@@H]7[C@@H](OC)[C@@H](OC)[C@@H](O[C@@H]1[C@@H](OC)[C@H]2OC)O[C@@H]7COC)O[C@@H]6COC)O[C@@H]5COS(=O)(=O)c1ccc(C)cc1)O[C@@H]4COC)O[C@@H]3COC. The van der Waals surface area contributed by atoms with Gasteiger partial charge in [0.05, 0.1) is 44.5 Å². The Morgan fingerprint density at radius 2 is 0.452 bits per heavy atom. The van der Waals surface area contributed by atoms with Gasteiger partial charge in [-0.25, -0.2) is 0 Å². The van der Waals surface area contributed by atoms with Gasteiger partial charge in [0, 0.05) is 121 Å². The Morgan fingerprint density at radius 3 is 0.624 bits per heavy atom. The minimum Gasteiger partial charge on any atom is -0.382 e. The van der Waals surface area contributed by atoms with Crippen molar-refractivity contribution < 1.29 is 150 Å². The minimum absolute atomic E-state index is 0.0356. The Balaban J connectivity index is 1.26. The molecular formula is C60H100O32S. The number of methoxy groups -OCH3 is 17. The number of ether oxygens (including phenoxy) is 29. The van der Waals surface area contributed by atoms with Crippen LogP contribution in [0, 0.1) is 6.92 Å². The molecule has 32 nitrogen and oxygen atoms in total. The first kappa shape index (κ1) is 76.7. The largest absolute Gasteiger partial charge is 0.382 e. The maximum atomic E-state index is 14.1. The molecule has 30 atom stereocenters. The summed E-state index contributed by atoms with van der Waals surface area (Å²) in [5.74, 6) is 0. The van der Waals surface area contributed by atoms with E-state index >= 15 is 0 Å². The van der Waals surface area contributed by atoms with Crippen LogP contribution in [0.15, 0.2) is 29.2 Å². The summed E-state index contributed by atoms with van der Waals surface area (Å²) in [6.45, 7) is 0.808. The summed E-state index contributed by atoms with van der Waals surface area (Å²) in [6.07, 6.45) is -33.2. The van der Waals surface area contributed by atoms with E-state index < -0.39 is 201 Å². The van der Waals surface area contributed by atoms with Crippen molar-refractivity contribution in [3.05, 3.63) is 29.8 Å². The van der Waals surface area contributed by atoms with Gasteiger partial charge in [0.2, 0.25) is 0 Å². The maximum Gasteiger partial charge on any atom is 0.297 e. The number of rotatable bonds is 26. The van der Waals surface area contributed by atoms with E-state index in [9.17, 15) is 8.42 Å². The normalized spacial score (nSPS) is 42.9. The zero-order valence-electron chi connectivity index (χ0n) is 56.3. The summed E-state index contributed by atoms with van der Waals surface area (Å²) in [5, 5.41) is 0. The molecule has 538 valence electrons. The standard InChI is InChI=1S/C60H100O32S/c1-29-19-21-30(22-20-29)93(61,62)80-28-36-42-48(73-12)54(79-18)60(86-36)91-41-35(27-67-6)84-58(52(77-16)47(41)72-11)89-39-33(25-65-4)82-56(50(75-14)45(39)70-9)87-37-31(23-63-2)81-55(49(74-13)43(37)68-7)88-38-32(24-64-3)83-57(51(76-15)44(38)69-8)90-40-34(26-66-5)85-59(92-42)53(78-17)46(40)71-10/h19-22,31-60H,23-28H2,1-18H3/t31-,32-,33-,34-,35-,36-,37+,38+,39+,40+,41+,42+,43-,44-,45-,46-,47-,48-,49-,50-,51-,52-,53-,54-,55-,56-,57-,58-,59-,60-/m1/s1. The molecular weight excluding hydrogens is 1260 g/mol. The fourth-order valence-corrected chi connectivity index (χ4v) is 14.4. The first-order chi connectivity index (χ1) is 45.0. The summed E-state index contributed by atoms with van der Waals surface area (Å²) in [7, 11) is 20.6. The van der Waals surface area contributed by atoms with E-state index in [1.54, 1.807) is 12.1 Å². The van der Waals surface area contributed by atoms with Gasteiger partial charge in [-0.15, -0.1) is 0 Å². The van der Waals surface area contributed by atoms with E-state index in [0.29, 0.717) is 0 Å². The number of benzene rings is 1. The van der Waals surface area contributed by atoms with Gasteiger partial charge >= 0.3 is 0 Å². The molecule has 0 unspecified atom stereocenters. The van der Waals surface area contributed by atoms with E-state index in [4.69, 9.17) is 142 Å². The van der Waals surface area contributed by atoms with Crippen LogP contribution < -0.4 is 0 Å². The van der Waals surface area contributed by atoms with Gasteiger partial charge in [0.1, 0.15) is 146 Å². The highest BCUT2D eigenvalue weighted by Gasteiger charge is 2.61. The van der Waals surface area contributed by atoms with E-state index in [1.807, 2.05) is 6.92 Å². The fraction of sp³-hybridized carbons (Fsp3) is 0.900. The second-order valence-corrected chi connectivity index (χ2v) is 24.7. The lowest BCUT2D eigenvalue weighted by atomic mass is 9.94. The van der Waals surface area contributed by atoms with Crippen molar-refractivity contribution in [2.45, 2.75) is 196 Å². The zero-order chi connectivity index (χ0) is 67.3. The zero-order valence-corrected chi connectivity index (χ0v) is 57.2. The van der Waals surface area contributed by atoms with Gasteiger partial charge in [0.25, 0.3) is 10.1 Å². The lowest BCUT2D eigenvalue weighted by Crippen LogP contribution is -2.70. The highest BCUT2D eigenvalue weighted by atomic mass is 32.2. The van der Waals surface area contributed by atoms with E-state index in [-0.39, 0.29) is 37.9 Å². The van der Waals surface area contributed by atoms with Crippen LogP contribution in [0.2, 0.25) is 0 Å². The molecule has 0 aromatic heterocycles. The van der Waals surface area contributed by atoms with Crippen molar-refractivity contribution in [1.82, 2.24) is 0 Å². The van der Waals surface area contributed by atoms with Crippen molar-refractivity contribution in [3.63, 3.8) is 0 Å².